The van der Waals surface area contributed by atoms with Crippen LogP contribution in [0.5, 0.6) is 0 Å². The summed E-state index contributed by atoms with van der Waals surface area (Å²) >= 11 is 2.95. The first-order valence-corrected chi connectivity index (χ1v) is 5.63. The molecule has 2 rings (SSSR count). The lowest BCUT2D eigenvalue weighted by Crippen LogP contribution is -2.05. The highest BCUT2D eigenvalue weighted by Crippen LogP contribution is 2.34. The number of hydrogen-bond acceptors (Lipinski definition) is 3. The minimum absolute atomic E-state index is 0.0363. The molecule has 1 heterocycles. The van der Waals surface area contributed by atoms with E-state index in [1.165, 1.54) is 6.07 Å². The molecule has 0 amide bonds. The van der Waals surface area contributed by atoms with E-state index >= 15 is 0 Å². The number of rotatable bonds is 2. The van der Waals surface area contributed by atoms with Crippen molar-refractivity contribution in [2.75, 3.05) is 0 Å². The number of nitrogens with zero attached hydrogens (tertiary/aromatic N) is 1. The zero-order chi connectivity index (χ0) is 14.2. The van der Waals surface area contributed by atoms with E-state index in [-0.39, 0.29) is 21.6 Å². The predicted molar refractivity (Wildman–Crippen MR) is 61.6 cm³/mol. The number of carbonyl (C=O) groups is 1. The van der Waals surface area contributed by atoms with Crippen molar-refractivity contribution in [3.05, 3.63) is 40.2 Å². The number of aromatic nitrogens is 1. The first-order chi connectivity index (χ1) is 8.77. The third-order valence-electron chi connectivity index (χ3n) is 2.20. The Balaban J connectivity index is 2.50. The van der Waals surface area contributed by atoms with Crippen LogP contribution >= 0.6 is 15.9 Å². The van der Waals surface area contributed by atoms with E-state index in [4.69, 9.17) is 9.52 Å². The number of carboxylic acids is 1. The highest BCUT2D eigenvalue weighted by molar-refractivity contribution is 9.10. The molecule has 19 heavy (non-hydrogen) atoms. The van der Waals surface area contributed by atoms with Gasteiger partial charge in [0, 0.05) is 10.0 Å². The van der Waals surface area contributed by atoms with Crippen LogP contribution in [0, 0.1) is 0 Å². The zero-order valence-electron chi connectivity index (χ0n) is 9.03. The Hall–Kier alpha value is -1.83. The number of halogens is 4. The minimum Gasteiger partial charge on any atom is -0.476 e. The van der Waals surface area contributed by atoms with E-state index < -0.39 is 17.7 Å². The molecule has 0 unspecified atom stereocenters. The number of alkyl halides is 3. The van der Waals surface area contributed by atoms with Gasteiger partial charge < -0.3 is 9.52 Å². The van der Waals surface area contributed by atoms with Crippen molar-refractivity contribution in [2.24, 2.45) is 0 Å². The van der Waals surface area contributed by atoms with Crippen molar-refractivity contribution in [3.63, 3.8) is 0 Å². The molecule has 0 aliphatic rings. The van der Waals surface area contributed by atoms with Gasteiger partial charge in [0.2, 0.25) is 5.89 Å². The maximum atomic E-state index is 12.6. The van der Waals surface area contributed by atoms with E-state index in [9.17, 15) is 18.0 Å². The molecule has 1 N–H and O–H groups in total. The third kappa shape index (κ3) is 2.95. The Labute approximate surface area is 113 Å². The van der Waals surface area contributed by atoms with Crippen molar-refractivity contribution in [1.29, 1.82) is 0 Å². The molecule has 0 bridgehead atoms. The number of aromatic carboxylic acids is 1. The molecule has 0 spiro atoms. The van der Waals surface area contributed by atoms with Crippen molar-refractivity contribution < 1.29 is 27.5 Å². The van der Waals surface area contributed by atoms with E-state index in [1.54, 1.807) is 0 Å². The van der Waals surface area contributed by atoms with Crippen molar-refractivity contribution in [2.45, 2.75) is 6.18 Å². The summed E-state index contributed by atoms with van der Waals surface area (Å²) in [5, 5.41) is 8.67. The fourth-order valence-electron chi connectivity index (χ4n) is 1.38. The summed E-state index contributed by atoms with van der Waals surface area (Å²) in [4.78, 5) is 14.2. The van der Waals surface area contributed by atoms with Crippen LogP contribution in [0.4, 0.5) is 13.2 Å². The quantitative estimate of drug-likeness (QED) is 0.906. The molecule has 100 valence electrons. The maximum Gasteiger partial charge on any atom is 0.416 e. The Morgan fingerprint density at radius 2 is 2.00 bits per heavy atom. The first kappa shape index (κ1) is 13.6. The Morgan fingerprint density at radius 1 is 1.32 bits per heavy atom. The topological polar surface area (TPSA) is 63.3 Å². The second kappa shape index (κ2) is 4.69. The Morgan fingerprint density at radius 3 is 2.53 bits per heavy atom. The van der Waals surface area contributed by atoms with Gasteiger partial charge in [0.1, 0.15) is 6.26 Å². The van der Waals surface area contributed by atoms with Gasteiger partial charge in [-0.2, -0.15) is 13.2 Å². The number of benzene rings is 1. The van der Waals surface area contributed by atoms with Gasteiger partial charge in [-0.25, -0.2) is 9.78 Å². The SMILES string of the molecule is O=C(O)c1coc(-c2cc(Br)cc(C(F)(F)F)c2)n1. The second-order valence-electron chi connectivity index (χ2n) is 3.57. The largest absolute Gasteiger partial charge is 0.476 e. The Bertz CT molecular complexity index is 636. The lowest BCUT2D eigenvalue weighted by Gasteiger charge is -2.08. The van der Waals surface area contributed by atoms with Crippen molar-refractivity contribution >= 4 is 21.9 Å². The zero-order valence-corrected chi connectivity index (χ0v) is 10.6. The Kier molecular flexibility index (Phi) is 3.36. The molecule has 4 nitrogen and oxygen atoms in total. The molecule has 0 aliphatic carbocycles. The molecule has 0 aliphatic heterocycles. The molecule has 0 atom stereocenters. The van der Waals surface area contributed by atoms with Crippen molar-refractivity contribution in [1.82, 2.24) is 4.98 Å². The predicted octanol–water partition coefficient (Wildman–Crippen LogP) is 3.82. The summed E-state index contributed by atoms with van der Waals surface area (Å²) < 4.78 is 42.9. The lowest BCUT2D eigenvalue weighted by molar-refractivity contribution is -0.137. The molecule has 0 radical (unpaired) electrons. The molecule has 2 aromatic rings. The van der Waals surface area contributed by atoms with Crippen LogP contribution in [0.25, 0.3) is 11.5 Å². The minimum atomic E-state index is -4.51. The van der Waals surface area contributed by atoms with E-state index in [0.717, 1.165) is 18.4 Å². The molecule has 8 heteroatoms. The average molecular weight is 336 g/mol. The van der Waals surface area contributed by atoms with Gasteiger partial charge in [-0.3, -0.25) is 0 Å². The van der Waals surface area contributed by atoms with Gasteiger partial charge in [0.05, 0.1) is 5.56 Å². The van der Waals surface area contributed by atoms with Gasteiger partial charge in [-0.15, -0.1) is 0 Å². The highest BCUT2D eigenvalue weighted by atomic mass is 79.9. The molecule has 0 saturated heterocycles. The van der Waals surface area contributed by atoms with E-state index in [1.807, 2.05) is 0 Å². The average Bonchev–Trinajstić information content (AvgIpc) is 2.76. The standard InChI is InChI=1S/C11H5BrF3NO3/c12-7-2-5(1-6(3-7)11(13,14)15)9-16-8(4-19-9)10(17)18/h1-4H,(H,17,18). The fourth-order valence-corrected chi connectivity index (χ4v) is 1.87. The van der Waals surface area contributed by atoms with Gasteiger partial charge in [-0.1, -0.05) is 15.9 Å². The summed E-state index contributed by atoms with van der Waals surface area (Å²) in [6, 6.07) is 3.10. The van der Waals surface area contributed by atoms with Crippen LogP contribution in [-0.4, -0.2) is 16.1 Å². The number of hydrogen-bond donors (Lipinski definition) is 1. The molecular weight excluding hydrogens is 331 g/mol. The van der Waals surface area contributed by atoms with Gasteiger partial charge >= 0.3 is 12.1 Å². The van der Waals surface area contributed by atoms with Crippen LogP contribution in [0.2, 0.25) is 0 Å². The first-order valence-electron chi connectivity index (χ1n) is 4.84. The van der Waals surface area contributed by atoms with Gasteiger partial charge in [-0.05, 0) is 18.2 Å². The van der Waals surface area contributed by atoms with Crippen LogP contribution in [0.1, 0.15) is 16.1 Å². The molecule has 0 saturated carbocycles. The smallest absolute Gasteiger partial charge is 0.416 e. The van der Waals surface area contributed by atoms with E-state index in [2.05, 4.69) is 20.9 Å². The number of carboxylic acid groups (broad SMARTS) is 1. The summed E-state index contributed by atoms with van der Waals surface area (Å²) in [7, 11) is 0. The summed E-state index contributed by atoms with van der Waals surface area (Å²) in [6.45, 7) is 0. The third-order valence-corrected chi connectivity index (χ3v) is 2.65. The van der Waals surface area contributed by atoms with Crippen LogP contribution in [-0.2, 0) is 6.18 Å². The fraction of sp³-hybridized carbons (Fsp3) is 0.0909. The van der Waals surface area contributed by atoms with Crippen LogP contribution in [0.15, 0.2) is 33.4 Å². The van der Waals surface area contributed by atoms with Crippen LogP contribution < -0.4 is 0 Å². The second-order valence-corrected chi connectivity index (χ2v) is 4.49. The summed E-state index contributed by atoms with van der Waals surface area (Å²) in [5.74, 6) is -1.51. The van der Waals surface area contributed by atoms with Gasteiger partial charge in [0.15, 0.2) is 5.69 Å². The normalized spacial score (nSPS) is 11.6. The summed E-state index contributed by atoms with van der Waals surface area (Å²) in [5.41, 5.74) is -1.22. The van der Waals surface area contributed by atoms with Gasteiger partial charge in [0.25, 0.3) is 0 Å². The maximum absolute atomic E-state index is 12.6. The monoisotopic (exact) mass is 335 g/mol. The molecule has 0 fully saturated rings. The highest BCUT2D eigenvalue weighted by Gasteiger charge is 2.31. The van der Waals surface area contributed by atoms with E-state index in [0.29, 0.717) is 0 Å². The van der Waals surface area contributed by atoms with Crippen LogP contribution in [0.3, 0.4) is 0 Å². The van der Waals surface area contributed by atoms with Crippen molar-refractivity contribution in [3.8, 4) is 11.5 Å². The molecular formula is C11H5BrF3NO3. The number of oxazole rings is 1. The molecule has 1 aromatic heterocycles. The summed E-state index contributed by atoms with van der Waals surface area (Å²) in [6.07, 6.45) is -3.65. The lowest BCUT2D eigenvalue weighted by atomic mass is 10.1. The molecule has 1 aromatic carbocycles.